The Kier molecular flexibility index (Phi) is 3.24. The van der Waals surface area contributed by atoms with Gasteiger partial charge in [0.05, 0.1) is 6.21 Å². The molecule has 0 saturated carbocycles. The molecule has 0 aliphatic rings. The molecule has 0 spiro atoms. The van der Waals surface area contributed by atoms with Crippen LogP contribution >= 0.6 is 12.2 Å². The van der Waals surface area contributed by atoms with Gasteiger partial charge in [0.15, 0.2) is 5.11 Å². The Bertz CT molecular complexity index is 378. The number of hydrogen-bond acceptors (Lipinski definition) is 2. The van der Waals surface area contributed by atoms with Gasteiger partial charge in [-0.3, -0.25) is 5.43 Å². The zero-order valence-electron chi connectivity index (χ0n) is 8.53. The third-order valence-corrected chi connectivity index (χ3v) is 2.28. The van der Waals surface area contributed by atoms with Crippen molar-refractivity contribution in [2.24, 2.45) is 17.9 Å². The number of rotatable bonds is 2. The summed E-state index contributed by atoms with van der Waals surface area (Å²) in [6.45, 7) is 4.08. The molecule has 14 heavy (non-hydrogen) atoms. The molecule has 1 rings (SSSR count). The van der Waals surface area contributed by atoms with Crippen LogP contribution in [0.2, 0.25) is 0 Å². The van der Waals surface area contributed by atoms with Crippen LogP contribution in [0.4, 0.5) is 0 Å². The van der Waals surface area contributed by atoms with E-state index >= 15 is 0 Å². The Morgan fingerprint density at radius 2 is 2.29 bits per heavy atom. The number of aryl methyl sites for hydroxylation is 1. The van der Waals surface area contributed by atoms with Gasteiger partial charge in [0, 0.05) is 24.0 Å². The highest BCUT2D eigenvalue weighted by atomic mass is 32.1. The first-order valence-corrected chi connectivity index (χ1v) is 4.64. The minimum Gasteiger partial charge on any atom is -0.375 e. The lowest BCUT2D eigenvalue weighted by molar-refractivity contribution is 0.843. The zero-order valence-corrected chi connectivity index (χ0v) is 9.35. The second-order valence-electron chi connectivity index (χ2n) is 3.12. The largest absolute Gasteiger partial charge is 0.375 e. The molecule has 0 fully saturated rings. The summed E-state index contributed by atoms with van der Waals surface area (Å²) in [5.41, 5.74) is 11.2. The average Bonchev–Trinajstić information content (AvgIpc) is 2.33. The monoisotopic (exact) mass is 210 g/mol. The number of hydrogen-bond donors (Lipinski definition) is 2. The summed E-state index contributed by atoms with van der Waals surface area (Å²) in [6, 6.07) is 2.06. The third-order valence-electron chi connectivity index (χ3n) is 2.19. The van der Waals surface area contributed by atoms with Crippen molar-refractivity contribution in [1.82, 2.24) is 9.99 Å². The summed E-state index contributed by atoms with van der Waals surface area (Å²) < 4.78 is 2.10. The quantitative estimate of drug-likeness (QED) is 0.431. The van der Waals surface area contributed by atoms with E-state index in [2.05, 4.69) is 33.4 Å². The fourth-order valence-corrected chi connectivity index (χ4v) is 1.23. The van der Waals surface area contributed by atoms with E-state index in [0.717, 1.165) is 11.3 Å². The maximum Gasteiger partial charge on any atom is 0.184 e. The number of aromatic nitrogens is 1. The molecule has 5 heteroatoms. The Labute approximate surface area is 88.8 Å². The van der Waals surface area contributed by atoms with Gasteiger partial charge in [-0.05, 0) is 32.1 Å². The topological polar surface area (TPSA) is 55.3 Å². The average molecular weight is 210 g/mol. The number of thiocarbonyl (C=S) groups is 1. The number of nitrogens with zero attached hydrogens (tertiary/aromatic N) is 2. The van der Waals surface area contributed by atoms with E-state index in [1.165, 1.54) is 5.69 Å². The van der Waals surface area contributed by atoms with E-state index in [9.17, 15) is 0 Å². The van der Waals surface area contributed by atoms with Gasteiger partial charge in [-0.25, -0.2) is 0 Å². The van der Waals surface area contributed by atoms with E-state index < -0.39 is 0 Å². The van der Waals surface area contributed by atoms with Crippen molar-refractivity contribution in [2.75, 3.05) is 0 Å². The molecule has 0 atom stereocenters. The molecule has 1 heterocycles. The highest BCUT2D eigenvalue weighted by molar-refractivity contribution is 7.80. The SMILES string of the molecule is Cc1cc(/C=N\NC(N)=S)c(C)n1C. The molecule has 0 amide bonds. The first-order chi connectivity index (χ1) is 6.52. The maximum atomic E-state index is 5.23. The van der Waals surface area contributed by atoms with Gasteiger partial charge < -0.3 is 10.3 Å². The lowest BCUT2D eigenvalue weighted by Gasteiger charge is -1.98. The van der Waals surface area contributed by atoms with Crippen LogP contribution < -0.4 is 11.2 Å². The highest BCUT2D eigenvalue weighted by Gasteiger charge is 2.02. The molecular formula is C9H14N4S. The molecule has 0 aromatic carbocycles. The van der Waals surface area contributed by atoms with Crippen LogP contribution in [0.25, 0.3) is 0 Å². The van der Waals surface area contributed by atoms with E-state index in [1.807, 2.05) is 20.9 Å². The van der Waals surface area contributed by atoms with Crippen LogP contribution in [-0.2, 0) is 7.05 Å². The Morgan fingerprint density at radius 1 is 1.64 bits per heavy atom. The fourth-order valence-electron chi connectivity index (χ4n) is 1.18. The van der Waals surface area contributed by atoms with Gasteiger partial charge >= 0.3 is 0 Å². The Hall–Kier alpha value is -1.36. The van der Waals surface area contributed by atoms with Crippen LogP contribution in [0, 0.1) is 13.8 Å². The molecule has 0 radical (unpaired) electrons. The normalized spacial score (nSPS) is 10.8. The van der Waals surface area contributed by atoms with E-state index in [4.69, 9.17) is 5.73 Å². The molecule has 76 valence electrons. The lowest BCUT2D eigenvalue weighted by atomic mass is 10.3. The van der Waals surface area contributed by atoms with Crippen LogP contribution in [-0.4, -0.2) is 15.9 Å². The molecule has 0 aliphatic carbocycles. The minimum atomic E-state index is 0.173. The summed E-state index contributed by atoms with van der Waals surface area (Å²) >= 11 is 4.62. The Balaban J connectivity index is 2.82. The molecule has 1 aromatic heterocycles. The van der Waals surface area contributed by atoms with Gasteiger partial charge in [0.2, 0.25) is 0 Å². The fraction of sp³-hybridized carbons (Fsp3) is 0.333. The molecule has 0 bridgehead atoms. The molecule has 0 saturated heterocycles. The molecule has 0 aliphatic heterocycles. The van der Waals surface area contributed by atoms with Gasteiger partial charge in [0.25, 0.3) is 0 Å². The smallest absolute Gasteiger partial charge is 0.184 e. The first-order valence-electron chi connectivity index (χ1n) is 4.24. The van der Waals surface area contributed by atoms with Crippen LogP contribution in [0.15, 0.2) is 11.2 Å². The Morgan fingerprint density at radius 3 is 2.71 bits per heavy atom. The van der Waals surface area contributed by atoms with E-state index in [-0.39, 0.29) is 5.11 Å². The number of nitrogens with one attached hydrogen (secondary N) is 1. The third kappa shape index (κ3) is 2.32. The molecule has 4 nitrogen and oxygen atoms in total. The van der Waals surface area contributed by atoms with Crippen LogP contribution in [0.3, 0.4) is 0 Å². The van der Waals surface area contributed by atoms with Gasteiger partial charge in [0.1, 0.15) is 0 Å². The summed E-state index contributed by atoms with van der Waals surface area (Å²) in [6.07, 6.45) is 1.71. The second-order valence-corrected chi connectivity index (χ2v) is 3.56. The molecule has 0 unspecified atom stereocenters. The molecule has 1 aromatic rings. The van der Waals surface area contributed by atoms with Crippen LogP contribution in [0.5, 0.6) is 0 Å². The summed E-state index contributed by atoms with van der Waals surface area (Å²) in [4.78, 5) is 0. The van der Waals surface area contributed by atoms with Crippen molar-refractivity contribution < 1.29 is 0 Å². The first kappa shape index (κ1) is 10.7. The standard InChI is InChI=1S/C9H14N4S/c1-6-4-8(7(2)13(6)3)5-11-12-9(10)14/h4-5H,1-3H3,(H3,10,12,14)/b11-5-. The minimum absolute atomic E-state index is 0.173. The predicted molar refractivity (Wildman–Crippen MR) is 62.4 cm³/mol. The lowest BCUT2D eigenvalue weighted by Crippen LogP contribution is -2.24. The van der Waals surface area contributed by atoms with Gasteiger partial charge in [-0.15, -0.1) is 0 Å². The number of nitrogens with two attached hydrogens (primary N) is 1. The predicted octanol–water partition coefficient (Wildman–Crippen LogP) is 0.809. The van der Waals surface area contributed by atoms with Gasteiger partial charge in [-0.1, -0.05) is 0 Å². The summed E-state index contributed by atoms with van der Waals surface area (Å²) in [7, 11) is 2.02. The van der Waals surface area contributed by atoms with Gasteiger partial charge in [-0.2, -0.15) is 5.10 Å². The summed E-state index contributed by atoms with van der Waals surface area (Å²) in [5, 5.41) is 4.07. The highest BCUT2D eigenvalue weighted by Crippen LogP contribution is 2.10. The van der Waals surface area contributed by atoms with Crippen molar-refractivity contribution in [3.63, 3.8) is 0 Å². The zero-order chi connectivity index (χ0) is 10.7. The molecule has 3 N–H and O–H groups in total. The second kappa shape index (κ2) is 4.23. The van der Waals surface area contributed by atoms with Crippen LogP contribution in [0.1, 0.15) is 17.0 Å². The van der Waals surface area contributed by atoms with E-state index in [0.29, 0.717) is 0 Å². The van der Waals surface area contributed by atoms with Crippen molar-refractivity contribution in [2.45, 2.75) is 13.8 Å². The van der Waals surface area contributed by atoms with Crippen molar-refractivity contribution in [1.29, 1.82) is 0 Å². The van der Waals surface area contributed by atoms with Crippen molar-refractivity contribution in [3.05, 3.63) is 23.0 Å². The summed E-state index contributed by atoms with van der Waals surface area (Å²) in [5.74, 6) is 0. The van der Waals surface area contributed by atoms with Crippen molar-refractivity contribution in [3.8, 4) is 0 Å². The maximum absolute atomic E-state index is 5.23. The molecular weight excluding hydrogens is 196 g/mol. The number of hydrazone groups is 1. The van der Waals surface area contributed by atoms with E-state index in [1.54, 1.807) is 6.21 Å². The van der Waals surface area contributed by atoms with Crippen molar-refractivity contribution >= 4 is 23.5 Å².